The molecule has 0 N–H and O–H groups in total. The highest BCUT2D eigenvalue weighted by molar-refractivity contribution is 7.13. The van der Waals surface area contributed by atoms with E-state index in [2.05, 4.69) is 44.0 Å². The monoisotopic (exact) mass is 419 g/mol. The van der Waals surface area contributed by atoms with Crippen molar-refractivity contribution < 1.29 is 4.74 Å². The van der Waals surface area contributed by atoms with Gasteiger partial charge in [-0.1, -0.05) is 24.3 Å². The van der Waals surface area contributed by atoms with E-state index in [-0.39, 0.29) is 0 Å². The predicted molar refractivity (Wildman–Crippen MR) is 123 cm³/mol. The van der Waals surface area contributed by atoms with Gasteiger partial charge >= 0.3 is 0 Å². The highest BCUT2D eigenvalue weighted by atomic mass is 32.1. The van der Waals surface area contributed by atoms with Crippen molar-refractivity contribution in [2.75, 3.05) is 44.2 Å². The average Bonchev–Trinajstić information content (AvgIpc) is 3.23. The van der Waals surface area contributed by atoms with Crippen molar-refractivity contribution >= 4 is 38.5 Å². The maximum Gasteiger partial charge on any atom is 0.232 e. The Morgan fingerprint density at radius 1 is 0.900 bits per heavy atom. The van der Waals surface area contributed by atoms with E-state index in [1.165, 1.54) is 10.1 Å². The van der Waals surface area contributed by atoms with Gasteiger partial charge in [0.05, 0.1) is 28.5 Å². The number of para-hydroxylation sites is 2. The number of nitrogens with zero attached hydrogens (tertiary/aromatic N) is 5. The maximum absolute atomic E-state index is 5.80. The van der Waals surface area contributed by atoms with Gasteiger partial charge in [0.2, 0.25) is 5.88 Å². The first-order valence-electron chi connectivity index (χ1n) is 10.5. The molecule has 30 heavy (non-hydrogen) atoms. The van der Waals surface area contributed by atoms with Gasteiger partial charge in [-0.25, -0.2) is 9.97 Å². The van der Waals surface area contributed by atoms with Gasteiger partial charge in [-0.15, -0.1) is 0 Å². The van der Waals surface area contributed by atoms with Gasteiger partial charge in [-0.2, -0.15) is 4.37 Å². The largest absolute Gasteiger partial charge is 0.477 e. The summed E-state index contributed by atoms with van der Waals surface area (Å²) in [6.45, 7) is 6.04. The number of hydrogen-bond donors (Lipinski definition) is 0. The summed E-state index contributed by atoms with van der Waals surface area (Å²) in [6.07, 6.45) is 3.86. The number of unbranched alkanes of at least 4 members (excludes halogenated alkanes) is 1. The fraction of sp³-hybridized carbons (Fsp3) is 0.348. The lowest BCUT2D eigenvalue weighted by atomic mass is 10.2. The van der Waals surface area contributed by atoms with Crippen molar-refractivity contribution in [2.24, 2.45) is 0 Å². The van der Waals surface area contributed by atoms with Crippen LogP contribution >= 0.6 is 11.5 Å². The third kappa shape index (κ3) is 4.22. The highest BCUT2D eigenvalue weighted by Gasteiger charge is 2.20. The van der Waals surface area contributed by atoms with Gasteiger partial charge in [0.25, 0.3) is 0 Å². The second-order valence-electron chi connectivity index (χ2n) is 7.58. The molecule has 0 unspecified atom stereocenters. The molecule has 0 amide bonds. The Labute approximate surface area is 180 Å². The van der Waals surface area contributed by atoms with Crippen LogP contribution in [0.5, 0.6) is 5.88 Å². The van der Waals surface area contributed by atoms with E-state index in [9.17, 15) is 0 Å². The molecule has 6 nitrogen and oxygen atoms in total. The summed E-state index contributed by atoms with van der Waals surface area (Å²) in [7, 11) is 0. The quantitative estimate of drug-likeness (QED) is 0.418. The molecule has 5 rings (SSSR count). The molecular weight excluding hydrogens is 394 g/mol. The number of aromatic nitrogens is 3. The lowest BCUT2D eigenvalue weighted by Gasteiger charge is -2.35. The Morgan fingerprint density at radius 3 is 2.60 bits per heavy atom. The third-order valence-corrected chi connectivity index (χ3v) is 6.39. The molecule has 1 aliphatic heterocycles. The van der Waals surface area contributed by atoms with Gasteiger partial charge in [0, 0.05) is 31.6 Å². The molecule has 154 valence electrons. The maximum atomic E-state index is 5.80. The van der Waals surface area contributed by atoms with Crippen LogP contribution in [-0.4, -0.2) is 58.6 Å². The second kappa shape index (κ2) is 8.93. The number of ether oxygens (including phenoxy) is 1. The molecule has 1 fully saturated rings. The molecule has 0 aliphatic carbocycles. The number of piperazine rings is 1. The van der Waals surface area contributed by atoms with Gasteiger partial charge in [-0.05, 0) is 55.2 Å². The number of rotatable bonds is 7. The molecule has 0 radical (unpaired) electrons. The smallest absolute Gasteiger partial charge is 0.232 e. The van der Waals surface area contributed by atoms with Crippen molar-refractivity contribution in [3.63, 3.8) is 0 Å². The normalized spacial score (nSPS) is 15.1. The minimum Gasteiger partial charge on any atom is -0.477 e. The zero-order valence-electron chi connectivity index (χ0n) is 16.9. The van der Waals surface area contributed by atoms with Crippen LogP contribution < -0.4 is 9.64 Å². The zero-order valence-corrected chi connectivity index (χ0v) is 17.7. The van der Waals surface area contributed by atoms with Crippen molar-refractivity contribution in [2.45, 2.75) is 12.8 Å². The third-order valence-electron chi connectivity index (χ3n) is 5.58. The minimum absolute atomic E-state index is 0.609. The number of hydrogen-bond acceptors (Lipinski definition) is 7. The van der Waals surface area contributed by atoms with Gasteiger partial charge in [0.15, 0.2) is 0 Å². The van der Waals surface area contributed by atoms with Gasteiger partial charge < -0.3 is 9.64 Å². The Morgan fingerprint density at radius 2 is 1.70 bits per heavy atom. The van der Waals surface area contributed by atoms with Crippen LogP contribution in [0.1, 0.15) is 12.8 Å². The van der Waals surface area contributed by atoms with Crippen LogP contribution in [-0.2, 0) is 0 Å². The predicted octanol–water partition coefficient (Wildman–Crippen LogP) is 4.22. The lowest BCUT2D eigenvalue weighted by Crippen LogP contribution is -2.46. The van der Waals surface area contributed by atoms with Gasteiger partial charge in [-0.3, -0.25) is 4.90 Å². The Bertz CT molecular complexity index is 1120. The first-order valence-corrected chi connectivity index (χ1v) is 11.3. The van der Waals surface area contributed by atoms with E-state index < -0.39 is 0 Å². The molecule has 0 spiro atoms. The summed E-state index contributed by atoms with van der Waals surface area (Å²) in [6, 6.07) is 16.4. The Hall–Kier alpha value is -2.77. The van der Waals surface area contributed by atoms with Crippen molar-refractivity contribution in [3.8, 4) is 5.88 Å². The summed E-state index contributed by atoms with van der Waals surface area (Å²) >= 11 is 1.60. The van der Waals surface area contributed by atoms with Crippen LogP contribution in [0.15, 0.2) is 54.7 Å². The van der Waals surface area contributed by atoms with Crippen molar-refractivity contribution in [3.05, 3.63) is 54.7 Å². The van der Waals surface area contributed by atoms with Crippen molar-refractivity contribution in [1.29, 1.82) is 0 Å². The highest BCUT2D eigenvalue weighted by Crippen LogP contribution is 2.29. The zero-order chi connectivity index (χ0) is 20.2. The summed E-state index contributed by atoms with van der Waals surface area (Å²) in [4.78, 5) is 13.9. The molecule has 2 aromatic heterocycles. The molecular formula is C23H25N5OS. The SMILES string of the molecule is c1ccc2nc(OCCCCN3CCN(c4nsc5ccccc45)CC3)cnc2c1. The fourth-order valence-corrected chi connectivity index (χ4v) is 4.70. The Kier molecular flexibility index (Phi) is 5.72. The second-order valence-corrected chi connectivity index (χ2v) is 8.39. The van der Waals surface area contributed by atoms with Crippen molar-refractivity contribution in [1.82, 2.24) is 19.2 Å². The lowest BCUT2D eigenvalue weighted by molar-refractivity contribution is 0.236. The molecule has 7 heteroatoms. The van der Waals surface area contributed by atoms with E-state index in [4.69, 9.17) is 9.11 Å². The van der Waals surface area contributed by atoms with E-state index in [1.807, 2.05) is 24.3 Å². The standard InChI is InChI=1S/C23H25N5OS/c1-4-10-21-18(7-1)23(26-30-21)28-14-12-27(13-15-28)11-5-6-16-29-22-17-24-19-8-2-3-9-20(19)25-22/h1-4,7-10,17H,5-6,11-16H2. The first-order chi connectivity index (χ1) is 14.9. The summed E-state index contributed by atoms with van der Waals surface area (Å²) < 4.78 is 11.8. The van der Waals surface area contributed by atoms with E-state index in [0.29, 0.717) is 12.5 Å². The van der Waals surface area contributed by atoms with E-state index in [1.54, 1.807) is 17.7 Å². The average molecular weight is 420 g/mol. The molecule has 3 heterocycles. The molecule has 4 aromatic rings. The fourth-order valence-electron chi connectivity index (χ4n) is 3.91. The molecule has 0 saturated carbocycles. The topological polar surface area (TPSA) is 54.4 Å². The van der Waals surface area contributed by atoms with Crippen LogP contribution in [0, 0.1) is 0 Å². The number of fused-ring (bicyclic) bond motifs is 2. The van der Waals surface area contributed by atoms with Crippen LogP contribution in [0.4, 0.5) is 5.82 Å². The number of anilines is 1. The summed E-state index contributed by atoms with van der Waals surface area (Å²) in [5.41, 5.74) is 1.77. The summed E-state index contributed by atoms with van der Waals surface area (Å²) in [5.74, 6) is 1.76. The Balaban J connectivity index is 1.04. The number of benzene rings is 2. The van der Waals surface area contributed by atoms with E-state index in [0.717, 1.165) is 62.4 Å². The van der Waals surface area contributed by atoms with Crippen LogP contribution in [0.25, 0.3) is 21.1 Å². The van der Waals surface area contributed by atoms with Gasteiger partial charge in [0.1, 0.15) is 5.82 Å². The molecule has 2 aromatic carbocycles. The first kappa shape index (κ1) is 19.2. The van der Waals surface area contributed by atoms with Crippen LogP contribution in [0.3, 0.4) is 0 Å². The van der Waals surface area contributed by atoms with E-state index >= 15 is 0 Å². The summed E-state index contributed by atoms with van der Waals surface area (Å²) in [5, 5.41) is 1.28. The minimum atomic E-state index is 0.609. The van der Waals surface area contributed by atoms with Crippen LogP contribution in [0.2, 0.25) is 0 Å². The molecule has 0 atom stereocenters. The molecule has 0 bridgehead atoms. The molecule has 1 aliphatic rings. The molecule has 1 saturated heterocycles.